The van der Waals surface area contributed by atoms with E-state index in [-0.39, 0.29) is 0 Å². The molecule has 5 nitrogen and oxygen atoms in total. The summed E-state index contributed by atoms with van der Waals surface area (Å²) in [6.45, 7) is 11.7. The van der Waals surface area contributed by atoms with Crippen molar-refractivity contribution in [1.29, 1.82) is 0 Å². The second-order valence-corrected chi connectivity index (χ2v) is 8.28. The second-order valence-electron chi connectivity index (χ2n) is 8.28. The lowest BCUT2D eigenvalue weighted by atomic mass is 10.0. The van der Waals surface area contributed by atoms with Gasteiger partial charge in [0.1, 0.15) is 12.4 Å². The first-order chi connectivity index (χ1) is 14.7. The van der Waals surface area contributed by atoms with Gasteiger partial charge in [-0.2, -0.15) is 0 Å². The van der Waals surface area contributed by atoms with Crippen molar-refractivity contribution < 1.29 is 4.74 Å². The van der Waals surface area contributed by atoms with E-state index in [9.17, 15) is 0 Å². The first-order valence-electron chi connectivity index (χ1n) is 10.9. The van der Waals surface area contributed by atoms with E-state index in [0.29, 0.717) is 12.6 Å². The van der Waals surface area contributed by atoms with Gasteiger partial charge in [-0.1, -0.05) is 36.4 Å². The number of benzene rings is 2. The van der Waals surface area contributed by atoms with E-state index in [2.05, 4.69) is 65.0 Å². The summed E-state index contributed by atoms with van der Waals surface area (Å²) in [7, 11) is 0. The molecular formula is C25H32N4O. The third kappa shape index (κ3) is 5.49. The smallest absolute Gasteiger partial charge is 0.119 e. The fourth-order valence-corrected chi connectivity index (χ4v) is 3.93. The van der Waals surface area contributed by atoms with Gasteiger partial charge < -0.3 is 9.30 Å². The van der Waals surface area contributed by atoms with Gasteiger partial charge in [-0.05, 0) is 42.7 Å². The number of hydrogen-bond acceptors (Lipinski definition) is 4. The van der Waals surface area contributed by atoms with Gasteiger partial charge in [0.2, 0.25) is 0 Å². The van der Waals surface area contributed by atoms with Crippen LogP contribution in [0.3, 0.4) is 0 Å². The van der Waals surface area contributed by atoms with Crippen LogP contribution in [-0.2, 0) is 13.1 Å². The van der Waals surface area contributed by atoms with Gasteiger partial charge in [0.25, 0.3) is 0 Å². The highest BCUT2D eigenvalue weighted by atomic mass is 16.5. The van der Waals surface area contributed by atoms with Crippen LogP contribution in [0.4, 0.5) is 0 Å². The Morgan fingerprint density at radius 3 is 2.17 bits per heavy atom. The van der Waals surface area contributed by atoms with Crippen LogP contribution in [0.25, 0.3) is 11.1 Å². The molecular weight excluding hydrogens is 372 g/mol. The molecule has 3 aromatic rings. The molecule has 0 unspecified atom stereocenters. The predicted octanol–water partition coefficient (Wildman–Crippen LogP) is 4.16. The molecule has 2 aromatic carbocycles. The Balaban J connectivity index is 1.27. The number of aromatic nitrogens is 2. The summed E-state index contributed by atoms with van der Waals surface area (Å²) >= 11 is 0. The zero-order chi connectivity index (χ0) is 20.8. The summed E-state index contributed by atoms with van der Waals surface area (Å²) in [6.07, 6.45) is 5.54. The van der Waals surface area contributed by atoms with E-state index in [4.69, 9.17) is 4.74 Å². The summed E-state index contributed by atoms with van der Waals surface area (Å²) in [5.74, 6) is 0.899. The van der Waals surface area contributed by atoms with Crippen LogP contribution in [0.1, 0.15) is 19.4 Å². The molecule has 0 amide bonds. The lowest BCUT2D eigenvalue weighted by Crippen LogP contribution is -2.48. The van der Waals surface area contributed by atoms with Gasteiger partial charge in [-0.3, -0.25) is 9.80 Å². The molecule has 0 spiro atoms. The average Bonchev–Trinajstić information content (AvgIpc) is 3.29. The van der Waals surface area contributed by atoms with Crippen molar-refractivity contribution in [3.05, 3.63) is 72.8 Å². The molecule has 1 aromatic heterocycles. The van der Waals surface area contributed by atoms with Crippen molar-refractivity contribution in [1.82, 2.24) is 19.4 Å². The Labute approximate surface area is 179 Å². The molecule has 0 atom stereocenters. The minimum atomic E-state index is 0.635. The van der Waals surface area contributed by atoms with Gasteiger partial charge in [-0.25, -0.2) is 4.98 Å². The molecule has 158 valence electrons. The van der Waals surface area contributed by atoms with Crippen molar-refractivity contribution in [2.24, 2.45) is 0 Å². The first-order valence-corrected chi connectivity index (χ1v) is 10.9. The molecule has 0 bridgehead atoms. The van der Waals surface area contributed by atoms with E-state index < -0.39 is 0 Å². The predicted molar refractivity (Wildman–Crippen MR) is 122 cm³/mol. The summed E-state index contributed by atoms with van der Waals surface area (Å²) < 4.78 is 7.85. The Morgan fingerprint density at radius 2 is 1.57 bits per heavy atom. The molecule has 2 heterocycles. The van der Waals surface area contributed by atoms with E-state index in [1.54, 1.807) is 6.20 Å². The van der Waals surface area contributed by atoms with E-state index >= 15 is 0 Å². The van der Waals surface area contributed by atoms with Crippen LogP contribution in [0.15, 0.2) is 67.3 Å². The number of rotatable bonds is 8. The highest BCUT2D eigenvalue weighted by Crippen LogP contribution is 2.23. The topological polar surface area (TPSA) is 33.5 Å². The van der Waals surface area contributed by atoms with Crippen molar-refractivity contribution in [2.75, 3.05) is 32.8 Å². The van der Waals surface area contributed by atoms with Crippen LogP contribution >= 0.6 is 0 Å². The van der Waals surface area contributed by atoms with Crippen LogP contribution in [0.5, 0.6) is 5.75 Å². The first kappa shape index (κ1) is 20.6. The van der Waals surface area contributed by atoms with Crippen LogP contribution in [0, 0.1) is 0 Å². The maximum absolute atomic E-state index is 5.84. The van der Waals surface area contributed by atoms with Crippen molar-refractivity contribution in [2.45, 2.75) is 33.0 Å². The van der Waals surface area contributed by atoms with Gasteiger partial charge in [0.05, 0.1) is 12.9 Å². The minimum absolute atomic E-state index is 0.635. The Kier molecular flexibility index (Phi) is 6.82. The highest BCUT2D eigenvalue weighted by molar-refractivity contribution is 5.64. The lowest BCUT2D eigenvalue weighted by Gasteiger charge is -2.36. The van der Waals surface area contributed by atoms with Crippen LogP contribution < -0.4 is 4.74 Å². The van der Waals surface area contributed by atoms with E-state index in [1.807, 2.05) is 29.2 Å². The molecule has 30 heavy (non-hydrogen) atoms. The molecule has 4 rings (SSSR count). The van der Waals surface area contributed by atoms with Crippen LogP contribution in [0.2, 0.25) is 0 Å². The molecule has 1 aliphatic heterocycles. The van der Waals surface area contributed by atoms with Crippen molar-refractivity contribution in [3.63, 3.8) is 0 Å². The van der Waals surface area contributed by atoms with Crippen LogP contribution in [-0.4, -0.2) is 58.2 Å². The second kappa shape index (κ2) is 9.92. The van der Waals surface area contributed by atoms with Crippen molar-refractivity contribution in [3.8, 4) is 16.9 Å². The number of hydrogen-bond donors (Lipinski definition) is 0. The molecule has 0 saturated carbocycles. The van der Waals surface area contributed by atoms with Gasteiger partial charge in [0.15, 0.2) is 0 Å². The monoisotopic (exact) mass is 404 g/mol. The molecule has 0 aliphatic carbocycles. The third-order valence-corrected chi connectivity index (χ3v) is 5.86. The van der Waals surface area contributed by atoms with Gasteiger partial charge in [-0.15, -0.1) is 0 Å². The van der Waals surface area contributed by atoms with E-state index in [0.717, 1.165) is 31.9 Å². The Bertz CT molecular complexity index is 880. The number of nitrogens with zero attached hydrogens (tertiary/aromatic N) is 4. The molecule has 0 radical (unpaired) electrons. The lowest BCUT2D eigenvalue weighted by molar-refractivity contribution is 0.104. The zero-order valence-corrected chi connectivity index (χ0v) is 18.1. The Hall–Kier alpha value is -2.63. The standard InChI is InChI=1S/C25H32N4O/c1-21(2)29-15-13-27(14-16-29)19-22-3-5-23(6-4-22)24-7-9-25(10-8-24)30-18-17-28-12-11-26-20-28/h3-12,20-21H,13-19H2,1-2H3. The van der Waals surface area contributed by atoms with Gasteiger partial charge in [0, 0.05) is 51.2 Å². The summed E-state index contributed by atoms with van der Waals surface area (Å²) in [4.78, 5) is 9.16. The number of imidazole rings is 1. The van der Waals surface area contributed by atoms with Gasteiger partial charge >= 0.3 is 0 Å². The largest absolute Gasteiger partial charge is 0.492 e. The molecule has 1 saturated heterocycles. The summed E-state index contributed by atoms with van der Waals surface area (Å²) in [5.41, 5.74) is 3.85. The van der Waals surface area contributed by atoms with Crippen molar-refractivity contribution >= 4 is 0 Å². The zero-order valence-electron chi connectivity index (χ0n) is 18.1. The average molecular weight is 405 g/mol. The Morgan fingerprint density at radius 1 is 0.900 bits per heavy atom. The third-order valence-electron chi connectivity index (χ3n) is 5.86. The highest BCUT2D eigenvalue weighted by Gasteiger charge is 2.18. The normalized spacial score (nSPS) is 15.6. The maximum atomic E-state index is 5.84. The molecule has 0 N–H and O–H groups in total. The maximum Gasteiger partial charge on any atom is 0.119 e. The fraction of sp³-hybridized carbons (Fsp3) is 0.400. The summed E-state index contributed by atoms with van der Waals surface area (Å²) in [5, 5.41) is 0. The molecule has 5 heteroatoms. The fourth-order valence-electron chi connectivity index (χ4n) is 3.93. The number of ether oxygens (including phenoxy) is 1. The molecule has 1 aliphatic rings. The quantitative estimate of drug-likeness (QED) is 0.565. The number of piperazine rings is 1. The van der Waals surface area contributed by atoms with E-state index in [1.165, 1.54) is 29.8 Å². The molecule has 1 fully saturated rings. The summed E-state index contributed by atoms with van der Waals surface area (Å²) in [6, 6.07) is 18.0. The minimum Gasteiger partial charge on any atom is -0.492 e. The SMILES string of the molecule is CC(C)N1CCN(Cc2ccc(-c3ccc(OCCn4ccnc4)cc3)cc2)CC1.